The minimum atomic E-state index is -0.948. The molecule has 3 rings (SSSR count). The molecule has 0 amide bonds. The fourth-order valence-corrected chi connectivity index (χ4v) is 3.09. The number of nitrogens with zero attached hydrogens (tertiary/aromatic N) is 1. The summed E-state index contributed by atoms with van der Waals surface area (Å²) in [5.74, 6) is -0.948. The minimum Gasteiger partial charge on any atom is -0.481 e. The number of pyridine rings is 1. The summed E-state index contributed by atoms with van der Waals surface area (Å²) < 4.78 is 4.96. The van der Waals surface area contributed by atoms with E-state index in [-0.39, 0.29) is 13.0 Å². The van der Waals surface area contributed by atoms with Crippen molar-refractivity contribution < 1.29 is 19.4 Å². The summed E-state index contributed by atoms with van der Waals surface area (Å²) in [6, 6.07) is 11.1. The van der Waals surface area contributed by atoms with Gasteiger partial charge in [-0.1, -0.05) is 30.3 Å². The molecule has 1 unspecified atom stereocenters. The van der Waals surface area contributed by atoms with E-state index in [9.17, 15) is 14.7 Å². The highest BCUT2D eigenvalue weighted by atomic mass is 16.5. The summed E-state index contributed by atoms with van der Waals surface area (Å²) in [7, 11) is 0. The van der Waals surface area contributed by atoms with Crippen molar-refractivity contribution in [2.45, 2.75) is 11.8 Å². The third kappa shape index (κ3) is 1.98. The standard InChI is InChI=1S/C16H13NO4/c18-10-21-9-16(8-14(19)20)12-5-2-1-4-11(12)15-13(16)6-3-7-17-15/h1-7,10H,8-9H2,(H,19,20). The first-order chi connectivity index (χ1) is 10.2. The van der Waals surface area contributed by atoms with E-state index < -0.39 is 11.4 Å². The van der Waals surface area contributed by atoms with Gasteiger partial charge in [-0.15, -0.1) is 0 Å². The zero-order valence-corrected chi connectivity index (χ0v) is 11.2. The molecule has 0 radical (unpaired) electrons. The maximum atomic E-state index is 11.4. The highest BCUT2D eigenvalue weighted by molar-refractivity contribution is 5.82. The first kappa shape index (κ1) is 13.3. The van der Waals surface area contributed by atoms with Crippen molar-refractivity contribution in [2.75, 3.05) is 6.61 Å². The summed E-state index contributed by atoms with van der Waals surface area (Å²) in [5, 5.41) is 9.33. The lowest BCUT2D eigenvalue weighted by Crippen LogP contribution is -2.34. The number of fused-ring (bicyclic) bond motifs is 3. The second kappa shape index (κ2) is 5.01. The van der Waals surface area contributed by atoms with E-state index in [4.69, 9.17) is 4.74 Å². The Morgan fingerprint density at radius 3 is 2.76 bits per heavy atom. The monoisotopic (exact) mass is 283 g/mol. The summed E-state index contributed by atoms with van der Waals surface area (Å²) in [5.41, 5.74) is 2.39. The quantitative estimate of drug-likeness (QED) is 0.849. The van der Waals surface area contributed by atoms with Crippen molar-refractivity contribution in [1.29, 1.82) is 0 Å². The third-order valence-corrected chi connectivity index (χ3v) is 3.87. The molecule has 1 atom stereocenters. The molecule has 1 heterocycles. The molecular formula is C16H13NO4. The van der Waals surface area contributed by atoms with Gasteiger partial charge in [0.15, 0.2) is 0 Å². The SMILES string of the molecule is O=COCC1(CC(=O)O)c2ccccc2-c2ncccc21. The van der Waals surface area contributed by atoms with Gasteiger partial charge in [0, 0.05) is 11.8 Å². The summed E-state index contributed by atoms with van der Waals surface area (Å²) >= 11 is 0. The second-order valence-corrected chi connectivity index (χ2v) is 5.01. The zero-order valence-electron chi connectivity index (χ0n) is 11.2. The van der Waals surface area contributed by atoms with Crippen molar-refractivity contribution in [3.8, 4) is 11.3 Å². The van der Waals surface area contributed by atoms with E-state index in [0.717, 1.165) is 22.4 Å². The van der Waals surface area contributed by atoms with Gasteiger partial charge < -0.3 is 9.84 Å². The first-order valence-corrected chi connectivity index (χ1v) is 6.51. The molecule has 1 aromatic heterocycles. The molecule has 0 bridgehead atoms. The van der Waals surface area contributed by atoms with E-state index >= 15 is 0 Å². The summed E-state index contributed by atoms with van der Waals surface area (Å²) in [4.78, 5) is 26.4. The van der Waals surface area contributed by atoms with E-state index in [1.807, 2.05) is 30.3 Å². The van der Waals surface area contributed by atoms with Crippen molar-refractivity contribution in [3.63, 3.8) is 0 Å². The van der Waals surface area contributed by atoms with Gasteiger partial charge in [0.25, 0.3) is 6.47 Å². The van der Waals surface area contributed by atoms with Crippen LogP contribution >= 0.6 is 0 Å². The van der Waals surface area contributed by atoms with Crippen LogP contribution in [0.5, 0.6) is 0 Å². The lowest BCUT2D eigenvalue weighted by molar-refractivity contribution is -0.140. The van der Waals surface area contributed by atoms with Crippen LogP contribution in [-0.2, 0) is 19.7 Å². The van der Waals surface area contributed by atoms with Crippen molar-refractivity contribution in [2.24, 2.45) is 0 Å². The molecule has 5 heteroatoms. The smallest absolute Gasteiger partial charge is 0.304 e. The Morgan fingerprint density at radius 1 is 1.24 bits per heavy atom. The number of carboxylic acid groups (broad SMARTS) is 1. The Balaban J connectivity index is 2.26. The van der Waals surface area contributed by atoms with Crippen LogP contribution in [0.15, 0.2) is 42.6 Å². The Morgan fingerprint density at radius 2 is 2.00 bits per heavy atom. The Kier molecular flexibility index (Phi) is 3.17. The molecule has 1 N–H and O–H groups in total. The maximum Gasteiger partial charge on any atom is 0.304 e. The molecule has 106 valence electrons. The average molecular weight is 283 g/mol. The molecule has 21 heavy (non-hydrogen) atoms. The number of hydrogen-bond donors (Lipinski definition) is 1. The van der Waals surface area contributed by atoms with Gasteiger partial charge in [-0.25, -0.2) is 0 Å². The number of carboxylic acids is 1. The molecule has 1 aromatic carbocycles. The molecule has 5 nitrogen and oxygen atoms in total. The van der Waals surface area contributed by atoms with Gasteiger partial charge in [-0.2, -0.15) is 0 Å². The largest absolute Gasteiger partial charge is 0.481 e. The molecule has 0 saturated carbocycles. The van der Waals surface area contributed by atoms with Crippen molar-refractivity contribution in [3.05, 3.63) is 53.7 Å². The zero-order chi connectivity index (χ0) is 14.9. The van der Waals surface area contributed by atoms with Gasteiger partial charge in [0.05, 0.1) is 17.5 Å². The van der Waals surface area contributed by atoms with E-state index in [2.05, 4.69) is 4.98 Å². The number of rotatable bonds is 5. The lowest BCUT2D eigenvalue weighted by Gasteiger charge is -2.28. The molecule has 0 spiro atoms. The highest BCUT2D eigenvalue weighted by Gasteiger charge is 2.46. The molecule has 0 saturated heterocycles. The van der Waals surface area contributed by atoms with Crippen molar-refractivity contribution >= 4 is 12.4 Å². The fraction of sp³-hybridized carbons (Fsp3) is 0.188. The first-order valence-electron chi connectivity index (χ1n) is 6.51. The average Bonchev–Trinajstić information content (AvgIpc) is 2.77. The van der Waals surface area contributed by atoms with Gasteiger partial charge in [-0.05, 0) is 17.2 Å². The molecular weight excluding hydrogens is 270 g/mol. The van der Waals surface area contributed by atoms with Gasteiger partial charge in [0.1, 0.15) is 6.61 Å². The Bertz CT molecular complexity index is 665. The Hall–Kier alpha value is -2.69. The second-order valence-electron chi connectivity index (χ2n) is 5.01. The van der Waals surface area contributed by atoms with E-state index in [0.29, 0.717) is 6.47 Å². The third-order valence-electron chi connectivity index (χ3n) is 3.87. The topological polar surface area (TPSA) is 76.5 Å². The number of hydrogen-bond acceptors (Lipinski definition) is 4. The van der Waals surface area contributed by atoms with Gasteiger partial charge in [-0.3, -0.25) is 14.6 Å². The number of aromatic nitrogens is 1. The van der Waals surface area contributed by atoms with Crippen LogP contribution in [0.3, 0.4) is 0 Å². The number of carbonyl (C=O) groups excluding carboxylic acids is 1. The minimum absolute atomic E-state index is 0.0154. The van der Waals surface area contributed by atoms with Crippen LogP contribution in [0.25, 0.3) is 11.3 Å². The molecule has 1 aliphatic rings. The van der Waals surface area contributed by atoms with Crippen LogP contribution < -0.4 is 0 Å². The predicted molar refractivity (Wildman–Crippen MR) is 74.7 cm³/mol. The van der Waals surface area contributed by atoms with Gasteiger partial charge in [0.2, 0.25) is 0 Å². The lowest BCUT2D eigenvalue weighted by atomic mass is 9.76. The Labute approximate surface area is 121 Å². The van der Waals surface area contributed by atoms with Crippen LogP contribution in [0.2, 0.25) is 0 Å². The van der Waals surface area contributed by atoms with Crippen molar-refractivity contribution in [1.82, 2.24) is 4.98 Å². The number of ether oxygens (including phenoxy) is 1. The fourth-order valence-electron chi connectivity index (χ4n) is 3.09. The number of aliphatic carboxylic acids is 1. The van der Waals surface area contributed by atoms with E-state index in [1.54, 1.807) is 12.3 Å². The molecule has 1 aliphatic carbocycles. The normalized spacial score (nSPS) is 18.7. The predicted octanol–water partition coefficient (Wildman–Crippen LogP) is 2.00. The summed E-state index contributed by atoms with van der Waals surface area (Å²) in [6.07, 6.45) is 1.52. The van der Waals surface area contributed by atoms with Crippen LogP contribution in [0.4, 0.5) is 0 Å². The van der Waals surface area contributed by atoms with Gasteiger partial charge >= 0.3 is 5.97 Å². The maximum absolute atomic E-state index is 11.4. The van der Waals surface area contributed by atoms with Crippen LogP contribution in [0, 0.1) is 0 Å². The van der Waals surface area contributed by atoms with E-state index in [1.165, 1.54) is 0 Å². The molecule has 2 aromatic rings. The molecule has 0 aliphatic heterocycles. The summed E-state index contributed by atoms with van der Waals surface area (Å²) in [6.45, 7) is 0.332. The number of carbonyl (C=O) groups is 2. The number of benzene rings is 1. The highest BCUT2D eigenvalue weighted by Crippen LogP contribution is 2.49. The molecule has 0 fully saturated rings. The van der Waals surface area contributed by atoms with Crippen LogP contribution in [0.1, 0.15) is 17.5 Å². The van der Waals surface area contributed by atoms with Crippen LogP contribution in [-0.4, -0.2) is 29.1 Å².